The van der Waals surface area contributed by atoms with Gasteiger partial charge in [-0.25, -0.2) is 0 Å². The van der Waals surface area contributed by atoms with Crippen molar-refractivity contribution in [2.75, 3.05) is 20.2 Å². The molecule has 0 fully saturated rings. The molecule has 0 aliphatic heterocycles. The number of halogens is 1. The molecule has 2 N–H and O–H groups in total. The molecule has 7 heteroatoms. The second kappa shape index (κ2) is 6.39. The summed E-state index contributed by atoms with van der Waals surface area (Å²) in [4.78, 5) is 10.0. The second-order valence-corrected chi connectivity index (χ2v) is 3.80. The Morgan fingerprint density at radius 1 is 1.65 bits per heavy atom. The highest BCUT2D eigenvalue weighted by Gasteiger charge is 2.12. The highest BCUT2D eigenvalue weighted by Crippen LogP contribution is 2.28. The van der Waals surface area contributed by atoms with Crippen molar-refractivity contribution >= 4 is 17.3 Å². The fraction of sp³-hybridized carbons (Fsp3) is 0.400. The molecule has 17 heavy (non-hydrogen) atoms. The molecule has 0 radical (unpaired) electrons. The van der Waals surface area contributed by atoms with Crippen molar-refractivity contribution in [2.24, 2.45) is 0 Å². The first kappa shape index (κ1) is 13.7. The van der Waals surface area contributed by atoms with Crippen LogP contribution in [0.15, 0.2) is 18.2 Å². The first-order chi connectivity index (χ1) is 8.04. The van der Waals surface area contributed by atoms with Crippen molar-refractivity contribution in [2.45, 2.75) is 6.10 Å². The number of nitro benzene ring substituents is 1. The Balaban J connectivity index is 2.69. The Bertz CT molecular complexity index is 400. The van der Waals surface area contributed by atoms with Gasteiger partial charge in [-0.05, 0) is 13.1 Å². The lowest BCUT2D eigenvalue weighted by Crippen LogP contribution is -2.29. The third kappa shape index (κ3) is 4.18. The average molecular weight is 261 g/mol. The molecule has 0 amide bonds. The lowest BCUT2D eigenvalue weighted by molar-refractivity contribution is -0.384. The predicted octanol–water partition coefficient (Wildman–Crippen LogP) is 1.21. The molecule has 0 bridgehead atoms. The molecular formula is C10H13ClN2O4. The minimum atomic E-state index is -0.699. The Labute approximate surface area is 103 Å². The van der Waals surface area contributed by atoms with E-state index in [1.165, 1.54) is 18.2 Å². The number of hydrogen-bond acceptors (Lipinski definition) is 5. The summed E-state index contributed by atoms with van der Waals surface area (Å²) >= 11 is 5.82. The van der Waals surface area contributed by atoms with Crippen LogP contribution in [0.5, 0.6) is 5.75 Å². The maximum absolute atomic E-state index is 10.6. The van der Waals surface area contributed by atoms with Crippen LogP contribution in [-0.4, -0.2) is 36.3 Å². The largest absolute Gasteiger partial charge is 0.489 e. The van der Waals surface area contributed by atoms with Gasteiger partial charge in [0.05, 0.1) is 16.0 Å². The lowest BCUT2D eigenvalue weighted by atomic mass is 10.3. The van der Waals surface area contributed by atoms with Crippen LogP contribution in [0.2, 0.25) is 5.02 Å². The van der Waals surface area contributed by atoms with Gasteiger partial charge in [0.25, 0.3) is 5.69 Å². The van der Waals surface area contributed by atoms with Gasteiger partial charge in [-0.15, -0.1) is 0 Å². The van der Waals surface area contributed by atoms with E-state index in [2.05, 4.69) is 5.32 Å². The smallest absolute Gasteiger partial charge is 0.273 e. The van der Waals surface area contributed by atoms with Crippen LogP contribution in [0.1, 0.15) is 0 Å². The fourth-order valence-corrected chi connectivity index (χ4v) is 1.37. The number of likely N-dealkylation sites (N-methyl/N-ethyl adjacent to an activating group) is 1. The van der Waals surface area contributed by atoms with E-state index < -0.39 is 11.0 Å². The zero-order valence-corrected chi connectivity index (χ0v) is 9.98. The molecule has 0 spiro atoms. The van der Waals surface area contributed by atoms with Crippen molar-refractivity contribution in [1.82, 2.24) is 5.32 Å². The minimum Gasteiger partial charge on any atom is -0.489 e. The Morgan fingerprint density at radius 2 is 2.35 bits per heavy atom. The SMILES string of the molecule is CNCC(O)COc1cc([N+](=O)[O-])ccc1Cl. The molecule has 0 heterocycles. The minimum absolute atomic E-state index is 0.0156. The molecule has 1 unspecified atom stereocenters. The third-order valence-electron chi connectivity index (χ3n) is 2.00. The summed E-state index contributed by atoms with van der Waals surface area (Å²) in [6, 6.07) is 3.91. The van der Waals surface area contributed by atoms with Crippen LogP contribution in [0.25, 0.3) is 0 Å². The van der Waals surface area contributed by atoms with Gasteiger partial charge in [0.2, 0.25) is 0 Å². The van der Waals surface area contributed by atoms with E-state index in [0.717, 1.165) is 0 Å². The molecule has 0 saturated heterocycles. The van der Waals surface area contributed by atoms with Crippen molar-refractivity contribution in [3.8, 4) is 5.75 Å². The van der Waals surface area contributed by atoms with Crippen molar-refractivity contribution in [3.63, 3.8) is 0 Å². The van der Waals surface area contributed by atoms with Crippen LogP contribution in [-0.2, 0) is 0 Å². The van der Waals surface area contributed by atoms with Gasteiger partial charge in [-0.3, -0.25) is 10.1 Å². The second-order valence-electron chi connectivity index (χ2n) is 3.39. The van der Waals surface area contributed by atoms with Crippen LogP contribution in [0.4, 0.5) is 5.69 Å². The maximum atomic E-state index is 10.6. The predicted molar refractivity (Wildman–Crippen MR) is 63.5 cm³/mol. The average Bonchev–Trinajstić information content (AvgIpc) is 2.28. The molecular weight excluding hydrogens is 248 g/mol. The van der Waals surface area contributed by atoms with E-state index in [1.807, 2.05) is 0 Å². The molecule has 0 aliphatic carbocycles. The summed E-state index contributed by atoms with van der Waals surface area (Å²) in [5.41, 5.74) is -0.104. The Morgan fingerprint density at radius 3 is 2.94 bits per heavy atom. The summed E-state index contributed by atoms with van der Waals surface area (Å²) in [5, 5.41) is 23.0. The quantitative estimate of drug-likeness (QED) is 0.593. The van der Waals surface area contributed by atoms with Crippen molar-refractivity contribution < 1.29 is 14.8 Å². The number of nitro groups is 1. The van der Waals surface area contributed by atoms with E-state index in [4.69, 9.17) is 16.3 Å². The van der Waals surface area contributed by atoms with Crippen LogP contribution < -0.4 is 10.1 Å². The van der Waals surface area contributed by atoms with Gasteiger partial charge >= 0.3 is 0 Å². The number of nitrogens with one attached hydrogen (secondary N) is 1. The van der Waals surface area contributed by atoms with Crippen LogP contribution in [0, 0.1) is 10.1 Å². The molecule has 0 saturated carbocycles. The van der Waals surface area contributed by atoms with Gasteiger partial charge < -0.3 is 15.2 Å². The fourth-order valence-electron chi connectivity index (χ4n) is 1.20. The molecule has 94 valence electrons. The van der Waals surface area contributed by atoms with Gasteiger partial charge in [0.15, 0.2) is 0 Å². The van der Waals surface area contributed by atoms with Crippen molar-refractivity contribution in [1.29, 1.82) is 0 Å². The highest BCUT2D eigenvalue weighted by molar-refractivity contribution is 6.32. The highest BCUT2D eigenvalue weighted by atomic mass is 35.5. The van der Waals surface area contributed by atoms with E-state index >= 15 is 0 Å². The first-order valence-electron chi connectivity index (χ1n) is 4.94. The van der Waals surface area contributed by atoms with Crippen LogP contribution in [0.3, 0.4) is 0 Å². The zero-order valence-electron chi connectivity index (χ0n) is 9.22. The summed E-state index contributed by atoms with van der Waals surface area (Å²) < 4.78 is 5.22. The number of hydrogen-bond donors (Lipinski definition) is 2. The monoisotopic (exact) mass is 260 g/mol. The molecule has 1 aromatic carbocycles. The van der Waals surface area contributed by atoms with E-state index in [0.29, 0.717) is 6.54 Å². The first-order valence-corrected chi connectivity index (χ1v) is 5.31. The summed E-state index contributed by atoms with van der Waals surface area (Å²) in [5.74, 6) is 0.191. The number of non-ortho nitro benzene ring substituents is 1. The van der Waals surface area contributed by atoms with E-state index in [1.54, 1.807) is 7.05 Å². The molecule has 0 aromatic heterocycles. The topological polar surface area (TPSA) is 84.6 Å². The summed E-state index contributed by atoms with van der Waals surface area (Å²) in [7, 11) is 1.70. The summed E-state index contributed by atoms with van der Waals surface area (Å²) in [6.45, 7) is 0.383. The number of ether oxygens (including phenoxy) is 1. The molecule has 1 atom stereocenters. The number of rotatable bonds is 6. The molecule has 1 rings (SSSR count). The van der Waals surface area contributed by atoms with Crippen LogP contribution >= 0.6 is 11.6 Å². The lowest BCUT2D eigenvalue weighted by Gasteiger charge is -2.12. The number of nitrogens with zero attached hydrogens (tertiary/aromatic N) is 1. The molecule has 6 nitrogen and oxygen atoms in total. The van der Waals surface area contributed by atoms with Gasteiger partial charge in [0, 0.05) is 12.6 Å². The van der Waals surface area contributed by atoms with Gasteiger partial charge in [-0.1, -0.05) is 11.6 Å². The zero-order chi connectivity index (χ0) is 12.8. The standard InChI is InChI=1S/C10H13ClN2O4/c1-12-5-8(14)6-17-10-4-7(13(15)16)2-3-9(10)11/h2-4,8,12,14H,5-6H2,1H3. The number of aliphatic hydroxyl groups excluding tert-OH is 1. The van der Waals surface area contributed by atoms with Gasteiger partial charge in [-0.2, -0.15) is 0 Å². The molecule has 0 aliphatic rings. The van der Waals surface area contributed by atoms with Crippen molar-refractivity contribution in [3.05, 3.63) is 33.3 Å². The number of benzene rings is 1. The van der Waals surface area contributed by atoms with E-state index in [-0.39, 0.29) is 23.1 Å². The van der Waals surface area contributed by atoms with Gasteiger partial charge in [0.1, 0.15) is 18.5 Å². The Kier molecular flexibility index (Phi) is 5.14. The third-order valence-corrected chi connectivity index (χ3v) is 2.31. The summed E-state index contributed by atoms with van der Waals surface area (Å²) in [6.07, 6.45) is -0.699. The Hall–Kier alpha value is -1.37. The number of aliphatic hydroxyl groups is 1. The molecule has 1 aromatic rings. The normalized spacial score (nSPS) is 12.2. The maximum Gasteiger partial charge on any atom is 0.273 e. The van der Waals surface area contributed by atoms with E-state index in [9.17, 15) is 15.2 Å².